The number of esters is 1. The van der Waals surface area contributed by atoms with Crippen LogP contribution in [0.3, 0.4) is 0 Å². The summed E-state index contributed by atoms with van der Waals surface area (Å²) in [5, 5.41) is 0. The van der Waals surface area contributed by atoms with Gasteiger partial charge in [0.25, 0.3) is 0 Å². The zero-order chi connectivity index (χ0) is 25.6. The van der Waals surface area contributed by atoms with Crippen LogP contribution < -0.4 is 0 Å². The highest BCUT2D eigenvalue weighted by molar-refractivity contribution is 5.88. The summed E-state index contributed by atoms with van der Waals surface area (Å²) < 4.78 is 10.6. The van der Waals surface area contributed by atoms with E-state index in [9.17, 15) is 4.79 Å². The van der Waals surface area contributed by atoms with Crippen molar-refractivity contribution in [3.8, 4) is 0 Å². The largest absolute Gasteiger partial charge is 0.466 e. The summed E-state index contributed by atoms with van der Waals surface area (Å²) in [5.74, 6) is -0.199. The molecule has 1 aliphatic heterocycles. The maximum absolute atomic E-state index is 12.0. The molecule has 0 saturated carbocycles. The first-order chi connectivity index (χ1) is 16.0. The van der Waals surface area contributed by atoms with Crippen molar-refractivity contribution in [1.29, 1.82) is 0 Å². The van der Waals surface area contributed by atoms with Crippen molar-refractivity contribution < 1.29 is 14.3 Å². The van der Waals surface area contributed by atoms with Crippen LogP contribution in [0.1, 0.15) is 113 Å². The first-order valence-corrected chi connectivity index (χ1v) is 13.1. The third-order valence-electron chi connectivity index (χ3n) is 6.49. The van der Waals surface area contributed by atoms with E-state index in [1.165, 1.54) is 29.4 Å². The van der Waals surface area contributed by atoms with Gasteiger partial charge in [-0.2, -0.15) is 0 Å². The van der Waals surface area contributed by atoms with Crippen LogP contribution in [0.2, 0.25) is 0 Å². The molecule has 0 N–H and O–H groups in total. The molecule has 192 valence electrons. The molecule has 1 aliphatic rings. The fraction of sp³-hybridized carbons (Fsp3) is 0.645. The Hall–Kier alpha value is -1.87. The summed E-state index contributed by atoms with van der Waals surface area (Å²) in [6.45, 7) is 15.2. The summed E-state index contributed by atoms with van der Waals surface area (Å²) in [5.41, 5.74) is 6.53. The van der Waals surface area contributed by atoms with E-state index in [0.717, 1.165) is 69.8 Å². The highest BCUT2D eigenvalue weighted by Crippen LogP contribution is 2.38. The number of carbonyl (C=O) groups excluding carboxylic acids is 1. The van der Waals surface area contributed by atoms with E-state index in [4.69, 9.17) is 9.47 Å². The molecule has 0 bridgehead atoms. The van der Waals surface area contributed by atoms with Gasteiger partial charge in [0.2, 0.25) is 0 Å². The molecule has 1 fully saturated rings. The summed E-state index contributed by atoms with van der Waals surface area (Å²) in [6.07, 6.45) is 22.0. The van der Waals surface area contributed by atoms with E-state index in [1.54, 1.807) is 0 Å². The molecule has 0 spiro atoms. The van der Waals surface area contributed by atoms with Crippen LogP contribution in [0.4, 0.5) is 0 Å². The lowest BCUT2D eigenvalue weighted by molar-refractivity contribution is -0.136. The number of unbranched alkanes of at least 4 members (excludes halogenated alkanes) is 1. The molecule has 3 nitrogen and oxygen atoms in total. The number of hydrogen-bond donors (Lipinski definition) is 0. The molecule has 1 rings (SSSR count). The lowest BCUT2D eigenvalue weighted by atomic mass is 10.0. The standard InChI is InChI=1S/C31H50O3/c1-24(2)14-11-20-28(30(32)33-8)21-13-19-26(4)16-10-9-15-25(3)17-12-18-27(5)22-23-29-31(6,7)34-29/h14-16,18,21,29H,9-13,17,19-20,22-23H2,1-8H3/b25-15+,26-16+,27-18+,28-21+. The van der Waals surface area contributed by atoms with Crippen molar-refractivity contribution >= 4 is 5.97 Å². The van der Waals surface area contributed by atoms with Gasteiger partial charge in [-0.15, -0.1) is 0 Å². The summed E-state index contributed by atoms with van der Waals surface area (Å²) >= 11 is 0. The predicted octanol–water partition coefficient (Wildman–Crippen LogP) is 8.97. The third kappa shape index (κ3) is 13.7. The molecule has 1 unspecified atom stereocenters. The normalized spacial score (nSPS) is 18.6. The molecule has 0 aliphatic carbocycles. The molecular weight excluding hydrogens is 420 g/mol. The van der Waals surface area contributed by atoms with E-state index in [-0.39, 0.29) is 11.6 Å². The maximum Gasteiger partial charge on any atom is 0.333 e. The second-order valence-electron chi connectivity index (χ2n) is 10.6. The Balaban J connectivity index is 2.29. The fourth-order valence-electron chi connectivity index (χ4n) is 4.02. The van der Waals surface area contributed by atoms with Gasteiger partial charge in [0.15, 0.2) is 0 Å². The molecule has 0 radical (unpaired) electrons. The second-order valence-corrected chi connectivity index (χ2v) is 10.6. The first kappa shape index (κ1) is 30.2. The molecular formula is C31H50O3. The number of ether oxygens (including phenoxy) is 2. The minimum absolute atomic E-state index is 0.112. The number of allylic oxidation sites excluding steroid dienone is 9. The minimum atomic E-state index is -0.199. The van der Waals surface area contributed by atoms with Crippen molar-refractivity contribution in [2.45, 2.75) is 124 Å². The average Bonchev–Trinajstić information content (AvgIpc) is 3.39. The maximum atomic E-state index is 12.0. The highest BCUT2D eigenvalue weighted by Gasteiger charge is 2.46. The van der Waals surface area contributed by atoms with Gasteiger partial charge in [0.1, 0.15) is 0 Å². The van der Waals surface area contributed by atoms with Crippen molar-refractivity contribution in [2.75, 3.05) is 7.11 Å². The van der Waals surface area contributed by atoms with Crippen LogP contribution in [0.25, 0.3) is 0 Å². The quantitative estimate of drug-likeness (QED) is 0.0742. The Morgan fingerprint density at radius 1 is 0.735 bits per heavy atom. The third-order valence-corrected chi connectivity index (χ3v) is 6.49. The Morgan fingerprint density at radius 2 is 1.21 bits per heavy atom. The zero-order valence-corrected chi connectivity index (χ0v) is 23.3. The van der Waals surface area contributed by atoms with E-state index in [0.29, 0.717) is 6.10 Å². The van der Waals surface area contributed by atoms with Crippen LogP contribution in [0.5, 0.6) is 0 Å². The predicted molar refractivity (Wildman–Crippen MR) is 146 cm³/mol. The average molecular weight is 471 g/mol. The monoisotopic (exact) mass is 470 g/mol. The molecule has 3 heteroatoms. The Morgan fingerprint density at radius 3 is 1.71 bits per heavy atom. The van der Waals surface area contributed by atoms with Gasteiger partial charge in [0, 0.05) is 5.57 Å². The summed E-state index contributed by atoms with van der Waals surface area (Å²) in [6, 6.07) is 0. The molecule has 0 aromatic carbocycles. The van der Waals surface area contributed by atoms with Crippen molar-refractivity contribution in [3.05, 3.63) is 58.2 Å². The SMILES string of the molecule is COC(=O)/C(=C/CC/C(C)=C/CC/C=C(\C)CC/C=C(\C)CCC1OC1(C)C)CCC=C(C)C. The van der Waals surface area contributed by atoms with Crippen LogP contribution in [-0.4, -0.2) is 24.8 Å². The topological polar surface area (TPSA) is 38.8 Å². The number of methoxy groups -OCH3 is 1. The van der Waals surface area contributed by atoms with Crippen molar-refractivity contribution in [3.63, 3.8) is 0 Å². The van der Waals surface area contributed by atoms with Gasteiger partial charge in [-0.3, -0.25) is 0 Å². The number of rotatable bonds is 16. The van der Waals surface area contributed by atoms with E-state index >= 15 is 0 Å². The minimum Gasteiger partial charge on any atom is -0.466 e. The van der Waals surface area contributed by atoms with Gasteiger partial charge in [0.05, 0.1) is 18.8 Å². The lowest BCUT2D eigenvalue weighted by Gasteiger charge is -2.05. The lowest BCUT2D eigenvalue weighted by Crippen LogP contribution is -2.04. The molecule has 34 heavy (non-hydrogen) atoms. The van der Waals surface area contributed by atoms with Crippen molar-refractivity contribution in [2.24, 2.45) is 0 Å². The highest BCUT2D eigenvalue weighted by atomic mass is 16.6. The molecule has 0 aromatic heterocycles. The van der Waals surface area contributed by atoms with E-state index in [1.807, 2.05) is 0 Å². The fourth-order valence-corrected chi connectivity index (χ4v) is 4.02. The smallest absolute Gasteiger partial charge is 0.333 e. The summed E-state index contributed by atoms with van der Waals surface area (Å²) in [7, 11) is 1.46. The molecule has 0 aromatic rings. The molecule has 0 amide bonds. The molecule has 1 heterocycles. The van der Waals surface area contributed by atoms with Crippen LogP contribution >= 0.6 is 0 Å². The van der Waals surface area contributed by atoms with Gasteiger partial charge < -0.3 is 9.47 Å². The second kappa shape index (κ2) is 15.9. The molecule has 1 atom stereocenters. The summed E-state index contributed by atoms with van der Waals surface area (Å²) in [4.78, 5) is 12.0. The first-order valence-electron chi connectivity index (χ1n) is 13.1. The van der Waals surface area contributed by atoms with E-state index < -0.39 is 0 Å². The number of epoxide rings is 1. The van der Waals surface area contributed by atoms with E-state index in [2.05, 4.69) is 78.8 Å². The van der Waals surface area contributed by atoms with Gasteiger partial charge in [-0.25, -0.2) is 4.79 Å². The zero-order valence-electron chi connectivity index (χ0n) is 23.3. The molecule has 1 saturated heterocycles. The van der Waals surface area contributed by atoms with Crippen LogP contribution in [0, 0.1) is 0 Å². The Bertz CT molecular complexity index is 785. The van der Waals surface area contributed by atoms with Gasteiger partial charge >= 0.3 is 5.97 Å². The van der Waals surface area contributed by atoms with Gasteiger partial charge in [-0.1, -0.05) is 52.7 Å². The Kier molecular flexibility index (Phi) is 14.1. The van der Waals surface area contributed by atoms with Gasteiger partial charge in [-0.05, 0) is 113 Å². The number of hydrogen-bond acceptors (Lipinski definition) is 3. The van der Waals surface area contributed by atoms with Crippen LogP contribution in [-0.2, 0) is 14.3 Å². The number of carbonyl (C=O) groups is 1. The van der Waals surface area contributed by atoms with Crippen LogP contribution in [0.15, 0.2) is 58.2 Å². The van der Waals surface area contributed by atoms with Crippen molar-refractivity contribution in [1.82, 2.24) is 0 Å². The Labute approximate surface area is 210 Å².